The minimum absolute atomic E-state index is 0.519. The van der Waals surface area contributed by atoms with E-state index in [1.807, 2.05) is 11.4 Å². The lowest BCUT2D eigenvalue weighted by Gasteiger charge is -1.95. The van der Waals surface area contributed by atoms with Crippen LogP contribution in [-0.2, 0) is 0 Å². The Bertz CT molecular complexity index is 674. The van der Waals surface area contributed by atoms with Gasteiger partial charge in [0.15, 0.2) is 16.6 Å². The summed E-state index contributed by atoms with van der Waals surface area (Å²) in [6, 6.07) is 3.65. The molecule has 3 heterocycles. The molecule has 0 aliphatic heterocycles. The molecule has 3 aromatic heterocycles. The number of imidazole rings is 1. The van der Waals surface area contributed by atoms with E-state index in [0.717, 1.165) is 11.2 Å². The number of nitrogen functional groups attached to an aromatic ring is 1. The first-order valence-corrected chi connectivity index (χ1v) is 5.76. The largest absolute Gasteiger partial charge is 0.481 e. The Kier molecular flexibility index (Phi) is 2.19. The number of nitrogens with two attached hydrogens (primary N) is 1. The molecule has 3 rings (SSSR count). The molecule has 3 aromatic rings. The van der Waals surface area contributed by atoms with E-state index < -0.39 is 0 Å². The van der Waals surface area contributed by atoms with E-state index in [1.54, 1.807) is 13.2 Å². The normalized spacial score (nSPS) is 10.9. The first kappa shape index (κ1) is 10.0. The highest BCUT2D eigenvalue weighted by Gasteiger charge is 2.09. The average molecular weight is 247 g/mol. The standard InChI is InChI=1S/C10H9N5OS/c1-16-7-3-2-5-8(14-7)15-9(12-5)6-4-17-10(11)13-6/h2-4H,1H3,(H2,11,13)(H,12,14,15). The van der Waals surface area contributed by atoms with Crippen LogP contribution in [0.2, 0.25) is 0 Å². The molecule has 0 atom stereocenters. The Morgan fingerprint density at radius 2 is 2.18 bits per heavy atom. The molecule has 0 aliphatic carbocycles. The lowest BCUT2D eigenvalue weighted by atomic mass is 10.4. The highest BCUT2D eigenvalue weighted by atomic mass is 32.1. The number of fused-ring (bicyclic) bond motifs is 1. The molecule has 3 N–H and O–H groups in total. The third-order valence-electron chi connectivity index (χ3n) is 2.29. The van der Waals surface area contributed by atoms with Crippen LogP contribution in [0.15, 0.2) is 17.5 Å². The van der Waals surface area contributed by atoms with Gasteiger partial charge in [0.2, 0.25) is 5.88 Å². The summed E-state index contributed by atoms with van der Waals surface area (Å²) in [5, 5.41) is 2.37. The number of aromatic amines is 1. The Morgan fingerprint density at radius 3 is 2.88 bits per heavy atom. The van der Waals surface area contributed by atoms with Crippen molar-refractivity contribution in [2.75, 3.05) is 12.8 Å². The first-order chi connectivity index (χ1) is 8.26. The first-order valence-electron chi connectivity index (χ1n) is 4.88. The second kappa shape index (κ2) is 3.70. The number of hydrogen-bond acceptors (Lipinski definition) is 6. The summed E-state index contributed by atoms with van der Waals surface area (Å²) in [6.45, 7) is 0. The Balaban J connectivity index is 2.13. The highest BCUT2D eigenvalue weighted by molar-refractivity contribution is 7.13. The molecule has 86 valence electrons. The highest BCUT2D eigenvalue weighted by Crippen LogP contribution is 2.23. The molecule has 0 amide bonds. The number of nitrogens with one attached hydrogen (secondary N) is 1. The lowest BCUT2D eigenvalue weighted by molar-refractivity contribution is 0.399. The molecule has 0 saturated heterocycles. The van der Waals surface area contributed by atoms with Crippen molar-refractivity contribution in [2.24, 2.45) is 0 Å². The van der Waals surface area contributed by atoms with E-state index in [0.29, 0.717) is 22.5 Å². The fraction of sp³-hybridized carbons (Fsp3) is 0.100. The van der Waals surface area contributed by atoms with Gasteiger partial charge in [0.1, 0.15) is 5.69 Å². The molecular weight excluding hydrogens is 238 g/mol. The third-order valence-corrected chi connectivity index (χ3v) is 2.97. The number of ether oxygens (including phenoxy) is 1. The van der Waals surface area contributed by atoms with E-state index in [2.05, 4.69) is 19.9 Å². The van der Waals surface area contributed by atoms with Crippen LogP contribution in [0.1, 0.15) is 0 Å². The smallest absolute Gasteiger partial charge is 0.215 e. The van der Waals surface area contributed by atoms with Crippen LogP contribution < -0.4 is 10.5 Å². The fourth-order valence-electron chi connectivity index (χ4n) is 1.51. The average Bonchev–Trinajstić information content (AvgIpc) is 2.93. The number of anilines is 1. The number of pyridine rings is 1. The molecule has 0 aromatic carbocycles. The van der Waals surface area contributed by atoms with Gasteiger partial charge in [0, 0.05) is 11.4 Å². The molecule has 7 heteroatoms. The number of rotatable bonds is 2. The second-order valence-electron chi connectivity index (χ2n) is 3.38. The SMILES string of the molecule is COc1ccc2[nH]c(-c3csc(N)n3)nc2n1. The van der Waals surface area contributed by atoms with E-state index >= 15 is 0 Å². The van der Waals surface area contributed by atoms with Gasteiger partial charge in [-0.25, -0.2) is 9.97 Å². The summed E-state index contributed by atoms with van der Waals surface area (Å²) < 4.78 is 5.04. The van der Waals surface area contributed by atoms with Crippen molar-refractivity contribution in [1.82, 2.24) is 19.9 Å². The topological polar surface area (TPSA) is 89.7 Å². The number of aromatic nitrogens is 4. The minimum Gasteiger partial charge on any atom is -0.481 e. The van der Waals surface area contributed by atoms with Gasteiger partial charge in [-0.3, -0.25) is 0 Å². The Hall–Kier alpha value is -2.15. The van der Waals surface area contributed by atoms with Crippen LogP contribution in [0, 0.1) is 0 Å². The Morgan fingerprint density at radius 1 is 1.29 bits per heavy atom. The van der Waals surface area contributed by atoms with Gasteiger partial charge in [-0.05, 0) is 6.07 Å². The van der Waals surface area contributed by atoms with Crippen molar-refractivity contribution in [3.63, 3.8) is 0 Å². The van der Waals surface area contributed by atoms with Crippen LogP contribution in [0.25, 0.3) is 22.7 Å². The molecule has 0 bridgehead atoms. The van der Waals surface area contributed by atoms with Crippen molar-refractivity contribution >= 4 is 27.6 Å². The van der Waals surface area contributed by atoms with Crippen molar-refractivity contribution in [3.8, 4) is 17.4 Å². The number of nitrogens with zero attached hydrogens (tertiary/aromatic N) is 3. The summed E-state index contributed by atoms with van der Waals surface area (Å²) >= 11 is 1.38. The van der Waals surface area contributed by atoms with E-state index in [9.17, 15) is 0 Å². The maximum Gasteiger partial charge on any atom is 0.215 e. The predicted octanol–water partition coefficient (Wildman–Crippen LogP) is 1.67. The van der Waals surface area contributed by atoms with E-state index in [-0.39, 0.29) is 0 Å². The van der Waals surface area contributed by atoms with Crippen LogP contribution in [0.4, 0.5) is 5.13 Å². The summed E-state index contributed by atoms with van der Waals surface area (Å²) in [7, 11) is 1.57. The lowest BCUT2D eigenvalue weighted by Crippen LogP contribution is -1.86. The number of hydrogen-bond donors (Lipinski definition) is 2. The van der Waals surface area contributed by atoms with Gasteiger partial charge < -0.3 is 15.5 Å². The summed E-state index contributed by atoms with van der Waals surface area (Å²) in [4.78, 5) is 15.9. The zero-order valence-electron chi connectivity index (χ0n) is 8.97. The molecular formula is C10H9N5OS. The molecule has 17 heavy (non-hydrogen) atoms. The van der Waals surface area contributed by atoms with Gasteiger partial charge in [0.05, 0.1) is 12.6 Å². The molecule has 0 fully saturated rings. The predicted molar refractivity (Wildman–Crippen MR) is 66.0 cm³/mol. The summed E-state index contributed by atoms with van der Waals surface area (Å²) in [5.41, 5.74) is 7.76. The second-order valence-corrected chi connectivity index (χ2v) is 4.27. The van der Waals surface area contributed by atoms with Crippen LogP contribution in [0.5, 0.6) is 5.88 Å². The zero-order valence-corrected chi connectivity index (χ0v) is 9.78. The Labute approximate surface area is 100 Å². The minimum atomic E-state index is 0.519. The fourth-order valence-corrected chi connectivity index (χ4v) is 2.05. The molecule has 0 aliphatic rings. The van der Waals surface area contributed by atoms with Crippen LogP contribution >= 0.6 is 11.3 Å². The van der Waals surface area contributed by atoms with Gasteiger partial charge >= 0.3 is 0 Å². The van der Waals surface area contributed by atoms with Crippen molar-refractivity contribution < 1.29 is 4.74 Å². The molecule has 6 nitrogen and oxygen atoms in total. The molecule has 0 spiro atoms. The maximum atomic E-state index is 5.59. The zero-order chi connectivity index (χ0) is 11.8. The molecule has 0 radical (unpaired) electrons. The van der Waals surface area contributed by atoms with Crippen LogP contribution in [0.3, 0.4) is 0 Å². The van der Waals surface area contributed by atoms with Gasteiger partial charge in [-0.2, -0.15) is 4.98 Å². The monoisotopic (exact) mass is 247 g/mol. The molecule has 0 unspecified atom stereocenters. The summed E-state index contributed by atoms with van der Waals surface area (Å²) in [6.07, 6.45) is 0. The summed E-state index contributed by atoms with van der Waals surface area (Å²) in [5.74, 6) is 1.20. The van der Waals surface area contributed by atoms with Crippen molar-refractivity contribution in [2.45, 2.75) is 0 Å². The maximum absolute atomic E-state index is 5.59. The van der Waals surface area contributed by atoms with Gasteiger partial charge in [-0.15, -0.1) is 11.3 Å². The van der Waals surface area contributed by atoms with Gasteiger partial charge in [-0.1, -0.05) is 0 Å². The van der Waals surface area contributed by atoms with Crippen molar-refractivity contribution in [1.29, 1.82) is 0 Å². The molecule has 0 saturated carbocycles. The number of H-pyrrole nitrogens is 1. The quantitative estimate of drug-likeness (QED) is 0.719. The van der Waals surface area contributed by atoms with Crippen LogP contribution in [-0.4, -0.2) is 27.0 Å². The number of methoxy groups -OCH3 is 1. The van der Waals surface area contributed by atoms with E-state index in [1.165, 1.54) is 11.3 Å². The third kappa shape index (κ3) is 1.70. The number of thiazole rings is 1. The van der Waals surface area contributed by atoms with Crippen molar-refractivity contribution in [3.05, 3.63) is 17.5 Å². The van der Waals surface area contributed by atoms with Gasteiger partial charge in [0.25, 0.3) is 0 Å². The van der Waals surface area contributed by atoms with E-state index in [4.69, 9.17) is 10.5 Å².